The van der Waals surface area contributed by atoms with E-state index in [2.05, 4.69) is 11.2 Å². The summed E-state index contributed by atoms with van der Waals surface area (Å²) < 4.78 is 11.0. The molecule has 0 spiro atoms. The first-order chi connectivity index (χ1) is 9.70. The van der Waals surface area contributed by atoms with Crippen LogP contribution in [0.15, 0.2) is 12.1 Å². The zero-order valence-electron chi connectivity index (χ0n) is 10.8. The van der Waals surface area contributed by atoms with E-state index < -0.39 is 0 Å². The molecule has 106 valence electrons. The van der Waals surface area contributed by atoms with Crippen molar-refractivity contribution in [1.82, 2.24) is 5.32 Å². The molecule has 0 bridgehead atoms. The number of terminal acetylenes is 1. The fraction of sp³-hybridized carbons (Fsp3) is 0.357. The second kappa shape index (κ2) is 7.32. The van der Waals surface area contributed by atoms with Gasteiger partial charge in [0.25, 0.3) is 0 Å². The molecule has 20 heavy (non-hydrogen) atoms. The van der Waals surface area contributed by atoms with Gasteiger partial charge in [0.05, 0.1) is 17.3 Å². The van der Waals surface area contributed by atoms with Gasteiger partial charge < -0.3 is 14.8 Å². The number of benzene rings is 1. The fourth-order valence-electron chi connectivity index (χ4n) is 1.71. The van der Waals surface area contributed by atoms with Crippen molar-refractivity contribution >= 4 is 29.3 Å². The van der Waals surface area contributed by atoms with Crippen LogP contribution in [-0.4, -0.2) is 31.4 Å². The largest absolute Gasteiger partial charge is 0.486 e. The van der Waals surface area contributed by atoms with Gasteiger partial charge in [0.1, 0.15) is 13.2 Å². The molecule has 1 aliphatic rings. The average Bonchev–Trinajstić information content (AvgIpc) is 2.45. The smallest absolute Gasteiger partial charge is 0.230 e. The summed E-state index contributed by atoms with van der Waals surface area (Å²) in [6.45, 7) is 1.29. The number of fused-ring (bicyclic) bond motifs is 1. The highest BCUT2D eigenvalue weighted by molar-refractivity contribution is 7.99. The molecule has 1 aliphatic heterocycles. The number of nitrogens with one attached hydrogen (secondary N) is 1. The number of amides is 1. The Balaban J connectivity index is 1.89. The highest BCUT2D eigenvalue weighted by Gasteiger charge is 2.16. The molecule has 0 radical (unpaired) electrons. The standard InChI is InChI=1S/C14H14ClNO3S/c1-2-3-16-13(17)9-20-8-10-6-11(15)14-12(7-10)18-4-5-19-14/h1,6-7H,3-5,8-9H2,(H,16,17). The monoisotopic (exact) mass is 311 g/mol. The molecule has 1 amide bonds. The molecule has 0 saturated heterocycles. The molecule has 0 unspecified atom stereocenters. The summed E-state index contributed by atoms with van der Waals surface area (Å²) in [7, 11) is 0. The third-order valence-corrected chi connectivity index (χ3v) is 3.83. The predicted molar refractivity (Wildman–Crippen MR) is 80.4 cm³/mol. The molecular formula is C14H14ClNO3S. The SMILES string of the molecule is C#CCNC(=O)CSCc1cc(Cl)c2c(c1)OCCO2. The van der Waals surface area contributed by atoms with Crippen molar-refractivity contribution in [2.75, 3.05) is 25.5 Å². The van der Waals surface area contributed by atoms with Crippen LogP contribution in [0.25, 0.3) is 0 Å². The highest BCUT2D eigenvalue weighted by Crippen LogP contribution is 2.38. The first-order valence-electron chi connectivity index (χ1n) is 6.06. The van der Waals surface area contributed by atoms with Gasteiger partial charge in [-0.2, -0.15) is 0 Å². The second-order valence-corrected chi connectivity index (χ2v) is 5.47. The quantitative estimate of drug-likeness (QED) is 0.846. The van der Waals surface area contributed by atoms with Gasteiger partial charge in [-0.25, -0.2) is 0 Å². The van der Waals surface area contributed by atoms with Gasteiger partial charge in [-0.05, 0) is 17.7 Å². The van der Waals surface area contributed by atoms with Crippen LogP contribution >= 0.6 is 23.4 Å². The van der Waals surface area contributed by atoms with E-state index in [0.29, 0.717) is 41.2 Å². The van der Waals surface area contributed by atoms with Crippen molar-refractivity contribution in [3.63, 3.8) is 0 Å². The molecular weight excluding hydrogens is 298 g/mol. The van der Waals surface area contributed by atoms with E-state index in [0.717, 1.165) is 5.56 Å². The Kier molecular flexibility index (Phi) is 5.45. The minimum absolute atomic E-state index is 0.0726. The van der Waals surface area contributed by atoms with Crippen LogP contribution in [0.3, 0.4) is 0 Å². The number of carbonyl (C=O) groups excluding carboxylic acids is 1. The van der Waals surface area contributed by atoms with Crippen molar-refractivity contribution in [3.05, 3.63) is 22.7 Å². The Bertz CT molecular complexity index is 542. The number of hydrogen-bond donors (Lipinski definition) is 1. The molecule has 1 aromatic rings. The summed E-state index contributed by atoms with van der Waals surface area (Å²) >= 11 is 7.63. The van der Waals surface area contributed by atoms with Crippen molar-refractivity contribution in [2.24, 2.45) is 0 Å². The molecule has 0 aliphatic carbocycles. The normalized spacial score (nSPS) is 12.6. The molecule has 0 atom stereocenters. The number of rotatable bonds is 5. The van der Waals surface area contributed by atoms with Crippen LogP contribution in [0.2, 0.25) is 5.02 Å². The lowest BCUT2D eigenvalue weighted by Crippen LogP contribution is -2.25. The lowest BCUT2D eigenvalue weighted by molar-refractivity contribution is -0.118. The van der Waals surface area contributed by atoms with Gasteiger partial charge in [0, 0.05) is 5.75 Å². The van der Waals surface area contributed by atoms with Gasteiger partial charge in [-0.3, -0.25) is 4.79 Å². The molecule has 0 saturated carbocycles. The van der Waals surface area contributed by atoms with Crippen molar-refractivity contribution in [1.29, 1.82) is 0 Å². The Hall–Kier alpha value is -1.51. The maximum atomic E-state index is 11.4. The lowest BCUT2D eigenvalue weighted by Gasteiger charge is -2.20. The van der Waals surface area contributed by atoms with Crippen LogP contribution in [0.1, 0.15) is 5.56 Å². The fourth-order valence-corrected chi connectivity index (χ4v) is 2.79. The Labute approximate surface area is 127 Å². The lowest BCUT2D eigenvalue weighted by atomic mass is 10.2. The number of carbonyl (C=O) groups is 1. The molecule has 1 aromatic carbocycles. The van der Waals surface area contributed by atoms with Crippen LogP contribution in [-0.2, 0) is 10.5 Å². The maximum Gasteiger partial charge on any atom is 0.230 e. The molecule has 1 N–H and O–H groups in total. The van der Waals surface area contributed by atoms with E-state index in [1.54, 1.807) is 0 Å². The number of thioether (sulfide) groups is 1. The summed E-state index contributed by atoms with van der Waals surface area (Å²) in [6.07, 6.45) is 5.07. The molecule has 4 nitrogen and oxygen atoms in total. The average molecular weight is 312 g/mol. The summed E-state index contributed by atoms with van der Waals surface area (Å²) in [4.78, 5) is 11.4. The Morgan fingerprint density at radius 1 is 1.45 bits per heavy atom. The predicted octanol–water partition coefficient (Wildman–Crippen LogP) is 2.09. The third kappa shape index (κ3) is 3.99. The maximum absolute atomic E-state index is 11.4. The highest BCUT2D eigenvalue weighted by atomic mass is 35.5. The first-order valence-corrected chi connectivity index (χ1v) is 7.60. The molecule has 6 heteroatoms. The summed E-state index contributed by atoms with van der Waals surface area (Å²) in [5, 5.41) is 3.15. The van der Waals surface area contributed by atoms with Crippen molar-refractivity contribution in [3.8, 4) is 23.8 Å². The van der Waals surface area contributed by atoms with Gasteiger partial charge in [0.15, 0.2) is 11.5 Å². The van der Waals surface area contributed by atoms with Crippen LogP contribution in [0.4, 0.5) is 0 Å². The molecule has 0 aromatic heterocycles. The zero-order chi connectivity index (χ0) is 14.4. The number of halogens is 1. The Morgan fingerprint density at radius 3 is 3.05 bits per heavy atom. The van der Waals surface area contributed by atoms with Gasteiger partial charge in [-0.1, -0.05) is 17.5 Å². The number of ether oxygens (including phenoxy) is 2. The summed E-state index contributed by atoms with van der Waals surface area (Å²) in [5.74, 6) is 4.57. The van der Waals surface area contributed by atoms with Gasteiger partial charge in [0.2, 0.25) is 5.91 Å². The van der Waals surface area contributed by atoms with E-state index >= 15 is 0 Å². The summed E-state index contributed by atoms with van der Waals surface area (Å²) in [5.41, 5.74) is 0.994. The topological polar surface area (TPSA) is 47.6 Å². The van der Waals surface area contributed by atoms with E-state index in [1.807, 2.05) is 12.1 Å². The Morgan fingerprint density at radius 2 is 2.25 bits per heavy atom. The van der Waals surface area contributed by atoms with E-state index in [1.165, 1.54) is 11.8 Å². The first kappa shape index (κ1) is 14.9. The summed E-state index contributed by atoms with van der Waals surface area (Å²) in [6, 6.07) is 3.73. The zero-order valence-corrected chi connectivity index (χ0v) is 12.4. The van der Waals surface area contributed by atoms with Crippen molar-refractivity contribution < 1.29 is 14.3 Å². The van der Waals surface area contributed by atoms with Crippen LogP contribution in [0, 0.1) is 12.3 Å². The molecule has 1 heterocycles. The minimum atomic E-state index is -0.0726. The second-order valence-electron chi connectivity index (χ2n) is 4.08. The van der Waals surface area contributed by atoms with Crippen LogP contribution in [0.5, 0.6) is 11.5 Å². The van der Waals surface area contributed by atoms with Crippen molar-refractivity contribution in [2.45, 2.75) is 5.75 Å². The molecule has 2 rings (SSSR count). The third-order valence-electron chi connectivity index (χ3n) is 2.55. The van der Waals surface area contributed by atoms with Crippen LogP contribution < -0.4 is 14.8 Å². The van der Waals surface area contributed by atoms with Gasteiger partial charge in [-0.15, -0.1) is 18.2 Å². The van der Waals surface area contributed by atoms with E-state index in [4.69, 9.17) is 27.5 Å². The van der Waals surface area contributed by atoms with E-state index in [-0.39, 0.29) is 12.5 Å². The minimum Gasteiger partial charge on any atom is -0.486 e. The van der Waals surface area contributed by atoms with E-state index in [9.17, 15) is 4.79 Å². The number of hydrogen-bond acceptors (Lipinski definition) is 4. The molecule has 0 fully saturated rings. The van der Waals surface area contributed by atoms with Gasteiger partial charge >= 0.3 is 0 Å².